The summed E-state index contributed by atoms with van der Waals surface area (Å²) in [4.78, 5) is 0.704. The molecule has 0 unspecified atom stereocenters. The van der Waals surface area contributed by atoms with E-state index in [-0.39, 0.29) is 0 Å². The Bertz CT molecular complexity index is 1590. The summed E-state index contributed by atoms with van der Waals surface area (Å²) >= 11 is 18.6. The van der Waals surface area contributed by atoms with E-state index in [2.05, 4.69) is 75.9 Å². The van der Waals surface area contributed by atoms with Gasteiger partial charge in [-0.1, -0.05) is 78.7 Å². The van der Waals surface area contributed by atoms with E-state index in [0.717, 1.165) is 64.8 Å². The Balaban J connectivity index is 1.57. The summed E-state index contributed by atoms with van der Waals surface area (Å²) in [5.41, 5.74) is 10.5. The first-order chi connectivity index (χ1) is 18.0. The zero-order chi connectivity index (χ0) is 25.5. The van der Waals surface area contributed by atoms with Gasteiger partial charge in [-0.15, -0.1) is 0 Å². The zero-order valence-corrected chi connectivity index (χ0v) is 22.9. The van der Waals surface area contributed by atoms with Crippen molar-refractivity contribution in [2.45, 2.75) is 39.2 Å². The molecule has 0 saturated heterocycles. The second-order valence-electron chi connectivity index (χ2n) is 9.54. The molecule has 1 N–H and O–H groups in total. The smallest absolute Gasteiger partial charge is 0.128 e. The average molecular weight is 545 g/mol. The highest BCUT2D eigenvalue weighted by Crippen LogP contribution is 2.40. The fraction of sp³-hybridized carbons (Fsp3) is 0.194. The number of thiocarbonyl (C=S) groups is 1. The van der Waals surface area contributed by atoms with Gasteiger partial charge in [0.15, 0.2) is 0 Å². The van der Waals surface area contributed by atoms with Gasteiger partial charge in [0.2, 0.25) is 0 Å². The van der Waals surface area contributed by atoms with Crippen LogP contribution in [0.4, 0.5) is 5.69 Å². The first kappa shape index (κ1) is 24.3. The first-order valence-electron chi connectivity index (χ1n) is 12.7. The predicted octanol–water partition coefficient (Wildman–Crippen LogP) is 9.07. The molecular weight excluding hydrogens is 517 g/mol. The molecule has 1 aliphatic rings. The van der Waals surface area contributed by atoms with Crippen LogP contribution in [-0.4, -0.2) is 14.0 Å². The van der Waals surface area contributed by atoms with Crippen LogP contribution in [-0.2, 0) is 19.4 Å². The van der Waals surface area contributed by atoms with Gasteiger partial charge in [0.1, 0.15) is 10.6 Å². The van der Waals surface area contributed by atoms with E-state index in [4.69, 9.17) is 35.4 Å². The number of rotatable bonds is 5. The first-order valence-corrected chi connectivity index (χ1v) is 13.9. The molecule has 0 saturated carbocycles. The van der Waals surface area contributed by atoms with Crippen LogP contribution in [0.15, 0.2) is 79.0 Å². The quantitative estimate of drug-likeness (QED) is 0.223. The third kappa shape index (κ3) is 4.48. The molecule has 0 spiro atoms. The average Bonchev–Trinajstić information content (AvgIpc) is 3.33. The number of anilines is 1. The van der Waals surface area contributed by atoms with Crippen LogP contribution in [0.1, 0.15) is 36.6 Å². The van der Waals surface area contributed by atoms with E-state index in [1.54, 1.807) is 0 Å². The number of benzene rings is 3. The molecule has 0 amide bonds. The molecule has 5 aromatic rings. The van der Waals surface area contributed by atoms with E-state index >= 15 is 0 Å². The van der Waals surface area contributed by atoms with E-state index < -0.39 is 0 Å². The van der Waals surface area contributed by atoms with Gasteiger partial charge in [-0.2, -0.15) is 0 Å². The molecule has 0 fully saturated rings. The Morgan fingerprint density at radius 2 is 1.51 bits per heavy atom. The second kappa shape index (κ2) is 10.0. The molecule has 0 radical (unpaired) electrons. The molecule has 6 rings (SSSR count). The molecule has 3 heterocycles. The van der Waals surface area contributed by atoms with Crippen LogP contribution in [0.25, 0.3) is 28.0 Å². The monoisotopic (exact) mass is 543 g/mol. The number of hydrogen-bond acceptors (Lipinski definition) is 1. The Labute approximate surface area is 232 Å². The number of aromatic nitrogens is 2. The molecule has 186 valence electrons. The summed E-state index contributed by atoms with van der Waals surface area (Å²) in [6, 6.07) is 24.7. The number of halogens is 2. The summed E-state index contributed by atoms with van der Waals surface area (Å²) in [6.45, 7) is 3.13. The number of hydrogen-bond donors (Lipinski definition) is 1. The molecule has 3 nitrogen and oxygen atoms in total. The van der Waals surface area contributed by atoms with Gasteiger partial charge >= 0.3 is 0 Å². The van der Waals surface area contributed by atoms with Gasteiger partial charge in [-0.25, -0.2) is 0 Å². The van der Waals surface area contributed by atoms with Gasteiger partial charge < -0.3 is 9.88 Å². The van der Waals surface area contributed by atoms with Crippen molar-refractivity contribution < 1.29 is 0 Å². The van der Waals surface area contributed by atoms with Crippen LogP contribution < -0.4 is 5.32 Å². The Kier molecular flexibility index (Phi) is 6.58. The van der Waals surface area contributed by atoms with Crippen LogP contribution in [0, 0.1) is 0 Å². The maximum absolute atomic E-state index is 6.27. The normalized spacial score (nSPS) is 13.1. The zero-order valence-electron chi connectivity index (χ0n) is 20.6. The molecule has 3 aromatic carbocycles. The van der Waals surface area contributed by atoms with Crippen molar-refractivity contribution in [3.8, 4) is 22.4 Å². The highest BCUT2D eigenvalue weighted by molar-refractivity contribution is 7.81. The second-order valence-corrected chi connectivity index (χ2v) is 10.8. The van der Waals surface area contributed by atoms with Crippen molar-refractivity contribution in [2.75, 3.05) is 5.32 Å². The van der Waals surface area contributed by atoms with E-state index in [1.165, 1.54) is 28.0 Å². The standard InChI is InChI=1S/C31H27Cl2N3S/c1-2-20-6-16-25(17-7-20)34-30(37)29-28(22-10-14-24(33)15-11-22)26-5-3-4-18-35-27(19-36(29)31(26)35)21-8-12-23(32)13-9-21/h6-17,19H,2-5,18H2,1H3,(H,34,37). The van der Waals surface area contributed by atoms with Gasteiger partial charge in [0, 0.05) is 39.6 Å². The summed E-state index contributed by atoms with van der Waals surface area (Å²) in [6.07, 6.45) is 6.49. The maximum Gasteiger partial charge on any atom is 0.128 e. The molecule has 0 aliphatic carbocycles. The minimum atomic E-state index is 0.704. The number of imidazole rings is 1. The van der Waals surface area contributed by atoms with Crippen LogP contribution in [0.3, 0.4) is 0 Å². The highest BCUT2D eigenvalue weighted by atomic mass is 35.5. The van der Waals surface area contributed by atoms with Crippen molar-refractivity contribution in [3.05, 3.63) is 106 Å². The van der Waals surface area contributed by atoms with Crippen LogP contribution in [0.2, 0.25) is 10.0 Å². The lowest BCUT2D eigenvalue weighted by Gasteiger charge is -2.13. The summed E-state index contributed by atoms with van der Waals surface area (Å²) < 4.78 is 4.75. The molecule has 0 bridgehead atoms. The van der Waals surface area contributed by atoms with Crippen LogP contribution >= 0.6 is 35.4 Å². The van der Waals surface area contributed by atoms with Gasteiger partial charge in [-0.05, 0) is 78.8 Å². The number of nitrogens with zero attached hydrogens (tertiary/aromatic N) is 2. The molecule has 1 aliphatic heterocycles. The molecule has 0 atom stereocenters. The predicted molar refractivity (Wildman–Crippen MR) is 160 cm³/mol. The Hall–Kier alpha value is -3.05. The van der Waals surface area contributed by atoms with Crippen molar-refractivity contribution in [3.63, 3.8) is 0 Å². The third-order valence-corrected chi connectivity index (χ3v) is 8.04. The molecule has 2 aromatic heterocycles. The van der Waals surface area contributed by atoms with Crippen LogP contribution in [0.5, 0.6) is 0 Å². The van der Waals surface area contributed by atoms with E-state index in [0.29, 0.717) is 4.99 Å². The lowest BCUT2D eigenvalue weighted by Crippen LogP contribution is -2.14. The minimum Gasteiger partial charge on any atom is -0.345 e. The SMILES string of the molecule is CCc1ccc(NC(=S)c2c(-c3ccc(Cl)cc3)c3c4n(c(-c5ccc(Cl)cc5)cn24)CCCC3)cc1. The van der Waals surface area contributed by atoms with Crippen molar-refractivity contribution in [1.82, 2.24) is 8.97 Å². The van der Waals surface area contributed by atoms with Gasteiger partial charge in [-0.3, -0.25) is 4.40 Å². The highest BCUT2D eigenvalue weighted by Gasteiger charge is 2.28. The Morgan fingerprint density at radius 1 is 0.865 bits per heavy atom. The summed E-state index contributed by atoms with van der Waals surface area (Å²) in [7, 11) is 0. The largest absolute Gasteiger partial charge is 0.345 e. The lowest BCUT2D eigenvalue weighted by atomic mass is 9.98. The van der Waals surface area contributed by atoms with E-state index in [9.17, 15) is 0 Å². The third-order valence-electron chi connectivity index (χ3n) is 7.24. The summed E-state index contributed by atoms with van der Waals surface area (Å²) in [5, 5.41) is 5.00. The maximum atomic E-state index is 6.27. The van der Waals surface area contributed by atoms with Gasteiger partial charge in [0.05, 0.1) is 11.4 Å². The topological polar surface area (TPSA) is 21.4 Å². The van der Waals surface area contributed by atoms with Crippen molar-refractivity contribution in [2.24, 2.45) is 0 Å². The van der Waals surface area contributed by atoms with Crippen molar-refractivity contribution >= 4 is 51.7 Å². The molecule has 6 heteroatoms. The minimum absolute atomic E-state index is 0.704. The van der Waals surface area contributed by atoms with Gasteiger partial charge in [0.25, 0.3) is 0 Å². The molecular formula is C31H27Cl2N3S. The fourth-order valence-corrected chi connectivity index (χ4v) is 5.97. The molecule has 37 heavy (non-hydrogen) atoms. The number of aryl methyl sites for hydroxylation is 3. The lowest BCUT2D eigenvalue weighted by molar-refractivity contribution is 0.647. The summed E-state index contributed by atoms with van der Waals surface area (Å²) in [5.74, 6) is 0. The Morgan fingerprint density at radius 3 is 2.16 bits per heavy atom. The fourth-order valence-electron chi connectivity index (χ4n) is 5.40. The number of nitrogens with one attached hydrogen (secondary N) is 1. The van der Waals surface area contributed by atoms with E-state index in [1.807, 2.05) is 24.3 Å². The van der Waals surface area contributed by atoms with Crippen molar-refractivity contribution in [1.29, 1.82) is 0 Å².